The quantitative estimate of drug-likeness (QED) is 0.252. The first-order valence-corrected chi connectivity index (χ1v) is 15.5. The molecule has 220 valence electrons. The summed E-state index contributed by atoms with van der Waals surface area (Å²) in [6.07, 6.45) is 12.0. The minimum Gasteiger partial charge on any atom is -0.368 e. The molecule has 0 atom stereocenters. The summed E-state index contributed by atoms with van der Waals surface area (Å²) in [6.45, 7) is 4.99. The summed E-state index contributed by atoms with van der Waals surface area (Å²) < 4.78 is 31.9. The standard InChI is InChI=1S/C28H33N9O4S/c1-19-23-17-30-28(32-26(23)37(21-6-4-5-7-21)27(39)25(19)20(2)38)31-24-9-8-22(16-29-24)34-11-14-35(15-12-34)42(40,41)36-13-10-33(3)18-36/h8-10,13,16-18,21H,4-7,11-12,14-15H2,1-3H3/p+1. The van der Waals surface area contributed by atoms with E-state index < -0.39 is 10.2 Å². The fraction of sp³-hybridized carbons (Fsp3) is 0.429. The molecule has 4 aromatic heterocycles. The van der Waals surface area contributed by atoms with Crippen molar-refractivity contribution in [3.63, 3.8) is 0 Å². The molecule has 4 aromatic rings. The highest BCUT2D eigenvalue weighted by molar-refractivity contribution is 7.87. The van der Waals surface area contributed by atoms with Gasteiger partial charge in [-0.2, -0.15) is 17.7 Å². The second-order valence-electron chi connectivity index (χ2n) is 10.9. The lowest BCUT2D eigenvalue weighted by Gasteiger charge is -2.33. The number of aryl methyl sites for hydroxylation is 2. The molecular weight excluding hydrogens is 558 g/mol. The van der Waals surface area contributed by atoms with Gasteiger partial charge in [0.2, 0.25) is 5.95 Å². The highest BCUT2D eigenvalue weighted by Crippen LogP contribution is 2.32. The first-order valence-electron chi connectivity index (χ1n) is 14.1. The maximum absolute atomic E-state index is 13.4. The first-order chi connectivity index (χ1) is 20.1. The van der Waals surface area contributed by atoms with Crippen molar-refractivity contribution in [2.75, 3.05) is 36.4 Å². The molecule has 5 heterocycles. The molecule has 0 aromatic carbocycles. The summed E-state index contributed by atoms with van der Waals surface area (Å²) in [7, 11) is -1.82. The highest BCUT2D eigenvalue weighted by Gasteiger charge is 2.32. The van der Waals surface area contributed by atoms with E-state index in [4.69, 9.17) is 4.98 Å². The zero-order valence-electron chi connectivity index (χ0n) is 23.9. The van der Waals surface area contributed by atoms with E-state index in [9.17, 15) is 18.0 Å². The molecule has 0 bridgehead atoms. The normalized spacial score (nSPS) is 16.8. The first kappa shape index (κ1) is 28.0. The average molecular weight is 593 g/mol. The van der Waals surface area contributed by atoms with Crippen LogP contribution >= 0.6 is 0 Å². The molecule has 1 saturated carbocycles. The summed E-state index contributed by atoms with van der Waals surface area (Å²) in [4.78, 5) is 41.6. The number of carbonyl (C=O) groups excluding carboxylic acids is 1. The van der Waals surface area contributed by atoms with Gasteiger partial charge in [0.1, 0.15) is 23.9 Å². The molecule has 1 aliphatic carbocycles. The van der Waals surface area contributed by atoms with Crippen LogP contribution in [0.5, 0.6) is 0 Å². The Morgan fingerprint density at radius 2 is 1.81 bits per heavy atom. The number of imidazole rings is 1. The third-order valence-corrected chi connectivity index (χ3v) is 9.95. The summed E-state index contributed by atoms with van der Waals surface area (Å²) >= 11 is 0. The van der Waals surface area contributed by atoms with Gasteiger partial charge >= 0.3 is 10.2 Å². The molecule has 14 heteroatoms. The van der Waals surface area contributed by atoms with Gasteiger partial charge in [-0.3, -0.25) is 14.2 Å². The van der Waals surface area contributed by atoms with Gasteiger partial charge in [-0.05, 0) is 44.4 Å². The van der Waals surface area contributed by atoms with Crippen molar-refractivity contribution in [2.45, 2.75) is 45.6 Å². The number of Topliss-reactive ketones (excluding diaryl/α,β-unsaturated/α-hetero) is 1. The van der Waals surface area contributed by atoms with Crippen molar-refractivity contribution in [1.29, 1.82) is 0 Å². The van der Waals surface area contributed by atoms with Crippen LogP contribution in [0.1, 0.15) is 54.6 Å². The van der Waals surface area contributed by atoms with Crippen LogP contribution in [0.2, 0.25) is 0 Å². The molecule has 1 N–H and O–H groups in total. The number of carbonyl (C=O) groups is 1. The van der Waals surface area contributed by atoms with Crippen LogP contribution < -0.4 is 20.3 Å². The van der Waals surface area contributed by atoms with Crippen molar-refractivity contribution in [3.8, 4) is 0 Å². The lowest BCUT2D eigenvalue weighted by molar-refractivity contribution is -0.670. The largest absolute Gasteiger partial charge is 0.379 e. The zero-order valence-corrected chi connectivity index (χ0v) is 24.7. The van der Waals surface area contributed by atoms with E-state index in [2.05, 4.69) is 20.2 Å². The van der Waals surface area contributed by atoms with Crippen LogP contribution in [-0.2, 0) is 17.3 Å². The molecule has 1 aliphatic heterocycles. The Labute approximate surface area is 243 Å². The molecular formula is C28H34N9O4S+. The maximum Gasteiger partial charge on any atom is 0.379 e. The number of nitrogens with one attached hydrogen (secondary N) is 1. The summed E-state index contributed by atoms with van der Waals surface area (Å²) in [6, 6.07) is 3.74. The lowest BCUT2D eigenvalue weighted by Crippen LogP contribution is -2.50. The summed E-state index contributed by atoms with van der Waals surface area (Å²) in [5.41, 5.74) is 1.91. The summed E-state index contributed by atoms with van der Waals surface area (Å²) in [5, 5.41) is 3.83. The van der Waals surface area contributed by atoms with Crippen LogP contribution in [0.25, 0.3) is 11.0 Å². The number of aromatic nitrogens is 6. The number of piperazine rings is 1. The van der Waals surface area contributed by atoms with Gasteiger partial charge in [0.15, 0.2) is 5.78 Å². The third-order valence-electron chi connectivity index (χ3n) is 8.18. The molecule has 13 nitrogen and oxygen atoms in total. The average Bonchev–Trinajstić information content (AvgIpc) is 3.66. The Morgan fingerprint density at radius 3 is 2.43 bits per heavy atom. The van der Waals surface area contributed by atoms with E-state index in [0.29, 0.717) is 54.5 Å². The minimum atomic E-state index is -3.60. The van der Waals surface area contributed by atoms with E-state index >= 15 is 0 Å². The Kier molecular flexibility index (Phi) is 7.27. The topological polar surface area (TPSA) is 139 Å². The van der Waals surface area contributed by atoms with Crippen LogP contribution in [-0.4, -0.2) is 68.2 Å². The number of ketones is 1. The molecule has 0 unspecified atom stereocenters. The van der Waals surface area contributed by atoms with Crippen molar-refractivity contribution in [1.82, 2.24) is 27.8 Å². The van der Waals surface area contributed by atoms with E-state index in [1.165, 1.54) is 27.7 Å². The van der Waals surface area contributed by atoms with Crippen molar-refractivity contribution in [3.05, 3.63) is 64.7 Å². The van der Waals surface area contributed by atoms with Crippen molar-refractivity contribution in [2.24, 2.45) is 7.05 Å². The minimum absolute atomic E-state index is 0.000555. The van der Waals surface area contributed by atoms with Gasteiger partial charge < -0.3 is 10.2 Å². The van der Waals surface area contributed by atoms with Crippen molar-refractivity contribution < 1.29 is 17.8 Å². The van der Waals surface area contributed by atoms with E-state index in [0.717, 1.165) is 31.4 Å². The number of hydrogen-bond donors (Lipinski definition) is 1. The van der Waals surface area contributed by atoms with E-state index in [-0.39, 0.29) is 22.9 Å². The SMILES string of the molecule is CC(=O)c1c(C)c2cnc(Nc3ccc(N4CCN(S(=O)(=O)n5cc[n+](C)c5)CC4)cn3)nc2n(C2CCCC2)c1=O. The molecule has 2 aliphatic rings. The van der Waals surface area contributed by atoms with Crippen LogP contribution in [0, 0.1) is 6.92 Å². The van der Waals surface area contributed by atoms with Crippen LogP contribution in [0.15, 0.2) is 48.0 Å². The Hall–Kier alpha value is -4.17. The maximum atomic E-state index is 13.4. The van der Waals surface area contributed by atoms with E-state index in [1.807, 2.05) is 12.1 Å². The molecule has 2 fully saturated rings. The predicted octanol–water partition coefficient (Wildman–Crippen LogP) is 2.10. The second kappa shape index (κ2) is 10.9. The van der Waals surface area contributed by atoms with Gasteiger partial charge in [-0.25, -0.2) is 14.5 Å². The number of pyridine rings is 2. The number of nitrogens with zero attached hydrogens (tertiary/aromatic N) is 8. The number of anilines is 3. The van der Waals surface area contributed by atoms with Gasteiger partial charge in [-0.15, -0.1) is 3.97 Å². The smallest absolute Gasteiger partial charge is 0.368 e. The number of fused-ring (bicyclic) bond motifs is 1. The van der Waals surface area contributed by atoms with Crippen LogP contribution in [0.3, 0.4) is 0 Å². The number of hydrogen-bond acceptors (Lipinski definition) is 9. The summed E-state index contributed by atoms with van der Waals surface area (Å²) in [5.74, 6) is 0.587. The van der Waals surface area contributed by atoms with Crippen molar-refractivity contribution >= 4 is 44.5 Å². The Bertz CT molecular complexity index is 1820. The molecule has 0 spiro atoms. The van der Waals surface area contributed by atoms with E-state index in [1.54, 1.807) is 41.7 Å². The molecule has 0 radical (unpaired) electrons. The Morgan fingerprint density at radius 1 is 1.07 bits per heavy atom. The highest BCUT2D eigenvalue weighted by atomic mass is 32.2. The monoisotopic (exact) mass is 592 g/mol. The molecule has 6 rings (SSSR count). The molecule has 42 heavy (non-hydrogen) atoms. The predicted molar refractivity (Wildman–Crippen MR) is 157 cm³/mol. The van der Waals surface area contributed by atoms with Crippen LogP contribution in [0.4, 0.5) is 17.5 Å². The fourth-order valence-electron chi connectivity index (χ4n) is 5.94. The zero-order chi connectivity index (χ0) is 29.6. The van der Waals surface area contributed by atoms with Gasteiger partial charge in [0.25, 0.3) is 11.9 Å². The lowest BCUT2D eigenvalue weighted by atomic mass is 10.0. The van der Waals surface area contributed by atoms with Gasteiger partial charge in [-0.1, -0.05) is 12.8 Å². The van der Waals surface area contributed by atoms with Gasteiger partial charge in [0.05, 0.1) is 24.5 Å². The second-order valence-corrected chi connectivity index (χ2v) is 12.8. The number of rotatable bonds is 7. The third kappa shape index (κ3) is 5.04. The fourth-order valence-corrected chi connectivity index (χ4v) is 7.31. The Balaban J connectivity index is 1.20. The molecule has 1 saturated heterocycles. The van der Waals surface area contributed by atoms with Gasteiger partial charge in [0, 0.05) is 43.8 Å². The molecule has 0 amide bonds.